The molecule has 0 heterocycles. The van der Waals surface area contributed by atoms with E-state index in [2.05, 4.69) is 0 Å². The fraction of sp³-hybridized carbons (Fsp3) is 0.778. The number of carbonyl (C=O) groups excluding carboxylic acids is 2. The molecule has 0 radical (unpaired) electrons. The van der Waals surface area contributed by atoms with Gasteiger partial charge in [-0.1, -0.05) is 0 Å². The van der Waals surface area contributed by atoms with Gasteiger partial charge in [0, 0.05) is 0 Å². The second-order valence-corrected chi connectivity index (χ2v) is 4.54. The monoisotopic (exact) mass is 476 g/mol. The Morgan fingerprint density at radius 2 is 0.862 bits per heavy atom. The summed E-state index contributed by atoms with van der Waals surface area (Å²) in [5, 5.41) is 0. The minimum atomic E-state index is -7.50. The maximum atomic E-state index is 13.0. The van der Waals surface area contributed by atoms with Gasteiger partial charge in [0.15, 0.2) is 0 Å². The molecular formula is C9F16O4. The highest BCUT2D eigenvalue weighted by Crippen LogP contribution is 2.50. The highest BCUT2D eigenvalue weighted by atomic mass is 19.4. The van der Waals surface area contributed by atoms with Crippen molar-refractivity contribution < 1.29 is 89.3 Å². The Morgan fingerprint density at radius 3 is 1.14 bits per heavy atom. The van der Waals surface area contributed by atoms with E-state index in [0.717, 1.165) is 0 Å². The molecule has 0 unspecified atom stereocenters. The van der Waals surface area contributed by atoms with Gasteiger partial charge in [-0.2, -0.15) is 70.2 Å². The zero-order chi connectivity index (χ0) is 24.1. The first-order valence-electron chi connectivity index (χ1n) is 5.75. The zero-order valence-electron chi connectivity index (χ0n) is 12.2. The normalized spacial score (nSPS) is 15.3. The van der Waals surface area contributed by atoms with E-state index in [4.69, 9.17) is 0 Å². The van der Waals surface area contributed by atoms with Gasteiger partial charge in [0.25, 0.3) is 0 Å². The fourth-order valence-electron chi connectivity index (χ4n) is 0.991. The number of hydrogen-bond donors (Lipinski definition) is 0. The van der Waals surface area contributed by atoms with Crippen molar-refractivity contribution in [2.24, 2.45) is 0 Å². The molecule has 0 amide bonds. The standard InChI is InChI=1S/C9F16O4/c10-1(26)3(11,12)8(22,23)29-9(24,25)4(13,14)2(27)28-5(15,6(16,17)18)7(19,20)21. The van der Waals surface area contributed by atoms with Gasteiger partial charge in [0.2, 0.25) is 0 Å². The molecule has 0 saturated carbocycles. The van der Waals surface area contributed by atoms with Crippen LogP contribution >= 0.6 is 0 Å². The smallest absolute Gasteiger partial charge is 0.408 e. The molecule has 0 aliphatic rings. The van der Waals surface area contributed by atoms with Gasteiger partial charge in [-0.05, 0) is 0 Å². The highest BCUT2D eigenvalue weighted by Gasteiger charge is 2.80. The van der Waals surface area contributed by atoms with Crippen LogP contribution in [-0.4, -0.2) is 54.3 Å². The van der Waals surface area contributed by atoms with Crippen molar-refractivity contribution in [3.63, 3.8) is 0 Å². The molecule has 0 atom stereocenters. The molecule has 20 heteroatoms. The van der Waals surface area contributed by atoms with Gasteiger partial charge in [0.1, 0.15) is 0 Å². The molecule has 0 bridgehead atoms. The van der Waals surface area contributed by atoms with Crippen LogP contribution in [0.25, 0.3) is 0 Å². The van der Waals surface area contributed by atoms with E-state index in [1.165, 1.54) is 4.74 Å². The molecule has 172 valence electrons. The zero-order valence-corrected chi connectivity index (χ0v) is 12.2. The van der Waals surface area contributed by atoms with Gasteiger partial charge in [-0.25, -0.2) is 9.53 Å². The van der Waals surface area contributed by atoms with E-state index in [-0.39, 0.29) is 0 Å². The number of ether oxygens (including phenoxy) is 2. The molecule has 0 rings (SSSR count). The maximum absolute atomic E-state index is 13.0. The average molecular weight is 476 g/mol. The number of rotatable bonds is 7. The van der Waals surface area contributed by atoms with Crippen LogP contribution in [-0.2, 0) is 19.1 Å². The molecule has 0 saturated heterocycles. The molecule has 0 aliphatic heterocycles. The Labute approximate surface area is 145 Å². The minimum Gasteiger partial charge on any atom is -0.408 e. The van der Waals surface area contributed by atoms with Crippen molar-refractivity contribution in [2.45, 2.75) is 42.3 Å². The predicted octanol–water partition coefficient (Wildman–Crippen LogP) is 4.29. The molecule has 0 aromatic heterocycles. The van der Waals surface area contributed by atoms with Crippen molar-refractivity contribution in [2.75, 3.05) is 0 Å². The van der Waals surface area contributed by atoms with Crippen LogP contribution in [0.4, 0.5) is 70.2 Å². The Kier molecular flexibility index (Phi) is 6.55. The Hall–Kier alpha value is -2.02. The summed E-state index contributed by atoms with van der Waals surface area (Å²) in [5.41, 5.74) is 0. The first-order chi connectivity index (χ1) is 12.3. The quantitative estimate of drug-likeness (QED) is 0.313. The number of hydrogen-bond acceptors (Lipinski definition) is 4. The van der Waals surface area contributed by atoms with E-state index >= 15 is 0 Å². The third-order valence-electron chi connectivity index (χ3n) is 2.45. The summed E-state index contributed by atoms with van der Waals surface area (Å²) in [6.45, 7) is 0. The van der Waals surface area contributed by atoms with Crippen molar-refractivity contribution in [1.29, 1.82) is 0 Å². The largest absolute Gasteiger partial charge is 0.470 e. The average Bonchev–Trinajstić information content (AvgIpc) is 2.42. The summed E-state index contributed by atoms with van der Waals surface area (Å²) < 4.78 is 202. The minimum absolute atomic E-state index is 1.41. The number of esters is 1. The predicted molar refractivity (Wildman–Crippen MR) is 49.0 cm³/mol. The van der Waals surface area contributed by atoms with Crippen LogP contribution < -0.4 is 0 Å². The third-order valence-corrected chi connectivity index (χ3v) is 2.45. The first-order valence-corrected chi connectivity index (χ1v) is 5.75. The SMILES string of the molecule is O=C(F)C(F)(F)C(F)(F)OC(F)(F)C(F)(F)C(=O)OC(F)(C(F)(F)F)C(F)(F)F. The lowest BCUT2D eigenvalue weighted by atomic mass is 10.2. The van der Waals surface area contributed by atoms with Crippen molar-refractivity contribution in [3.05, 3.63) is 0 Å². The number of carbonyl (C=O) groups is 2. The molecule has 0 aliphatic carbocycles. The molecular weight excluding hydrogens is 476 g/mol. The summed E-state index contributed by atoms with van der Waals surface area (Å²) in [6, 6.07) is -4.47. The van der Waals surface area contributed by atoms with Crippen LogP contribution in [0.2, 0.25) is 0 Å². The molecule has 0 N–H and O–H groups in total. The van der Waals surface area contributed by atoms with E-state index in [1.54, 1.807) is 4.74 Å². The maximum Gasteiger partial charge on any atom is 0.470 e. The van der Waals surface area contributed by atoms with Gasteiger partial charge >= 0.3 is 54.3 Å². The first kappa shape index (κ1) is 27.0. The molecule has 0 aromatic carbocycles. The van der Waals surface area contributed by atoms with Crippen LogP contribution in [0, 0.1) is 0 Å². The third kappa shape index (κ3) is 4.60. The topological polar surface area (TPSA) is 52.6 Å². The molecule has 0 aromatic rings. The molecule has 0 fully saturated rings. The summed E-state index contributed by atoms with van der Waals surface area (Å²) in [7, 11) is 0. The van der Waals surface area contributed by atoms with Gasteiger partial charge in [-0.15, -0.1) is 0 Å². The number of halogens is 16. The second kappa shape index (κ2) is 7.04. The Morgan fingerprint density at radius 1 is 0.552 bits per heavy atom. The van der Waals surface area contributed by atoms with Crippen molar-refractivity contribution in [3.8, 4) is 0 Å². The second-order valence-electron chi connectivity index (χ2n) is 4.54. The van der Waals surface area contributed by atoms with Crippen molar-refractivity contribution >= 4 is 12.0 Å². The lowest BCUT2D eigenvalue weighted by molar-refractivity contribution is -0.462. The van der Waals surface area contributed by atoms with Crippen molar-refractivity contribution in [1.82, 2.24) is 0 Å². The fourth-order valence-corrected chi connectivity index (χ4v) is 0.991. The molecule has 4 nitrogen and oxygen atoms in total. The van der Waals surface area contributed by atoms with E-state index in [1.807, 2.05) is 0 Å². The van der Waals surface area contributed by atoms with E-state index in [9.17, 15) is 79.8 Å². The lowest BCUT2D eigenvalue weighted by Gasteiger charge is -2.33. The van der Waals surface area contributed by atoms with E-state index in [0.29, 0.717) is 0 Å². The van der Waals surface area contributed by atoms with Gasteiger partial charge < -0.3 is 4.74 Å². The molecule has 29 heavy (non-hydrogen) atoms. The summed E-state index contributed by atoms with van der Waals surface area (Å²) in [4.78, 5) is 20.1. The summed E-state index contributed by atoms with van der Waals surface area (Å²) >= 11 is 0. The summed E-state index contributed by atoms with van der Waals surface area (Å²) in [6.07, 6.45) is -29.6. The van der Waals surface area contributed by atoms with Gasteiger partial charge in [0.05, 0.1) is 0 Å². The van der Waals surface area contributed by atoms with Crippen LogP contribution in [0.5, 0.6) is 0 Å². The highest BCUT2D eigenvalue weighted by molar-refractivity contribution is 5.79. The van der Waals surface area contributed by atoms with Gasteiger partial charge in [-0.3, -0.25) is 4.79 Å². The summed E-state index contributed by atoms with van der Waals surface area (Å²) in [5.74, 6) is -26.7. The Bertz CT molecular complexity index is 632. The Balaban J connectivity index is 6.04. The van der Waals surface area contributed by atoms with Crippen LogP contribution in [0.3, 0.4) is 0 Å². The van der Waals surface area contributed by atoms with E-state index < -0.39 is 54.3 Å². The van der Waals surface area contributed by atoms with Crippen LogP contribution in [0.1, 0.15) is 0 Å². The number of alkyl halides is 15. The lowest BCUT2D eigenvalue weighted by Crippen LogP contribution is -2.62. The molecule has 0 spiro atoms. The van der Waals surface area contributed by atoms with Crippen LogP contribution in [0.15, 0.2) is 0 Å².